The summed E-state index contributed by atoms with van der Waals surface area (Å²) in [6.45, 7) is 0.719. The Balaban J connectivity index is 1.26. The highest BCUT2D eigenvalue weighted by Gasteiger charge is 2.17. The van der Waals surface area contributed by atoms with Crippen molar-refractivity contribution in [2.45, 2.75) is 4.90 Å². The molecule has 0 radical (unpaired) electrons. The Morgan fingerprint density at radius 2 is 1.48 bits per heavy atom. The molecule has 0 atom stereocenters. The van der Waals surface area contributed by atoms with Crippen LogP contribution in [0, 0.1) is 0 Å². The smallest absolute Gasteiger partial charge is 0.321 e. The van der Waals surface area contributed by atoms with Gasteiger partial charge in [0.1, 0.15) is 24.7 Å². The van der Waals surface area contributed by atoms with E-state index in [0.29, 0.717) is 30.2 Å². The fourth-order valence-corrected chi connectivity index (χ4v) is 4.64. The maximum atomic E-state index is 12.8. The van der Waals surface area contributed by atoms with Crippen molar-refractivity contribution < 1.29 is 32.2 Å². The van der Waals surface area contributed by atoms with E-state index in [1.165, 1.54) is 44.6 Å². The molecule has 3 aromatic carbocycles. The molecule has 3 N–H and O–H groups in total. The zero-order valence-corrected chi connectivity index (χ0v) is 24.2. The minimum Gasteiger partial charge on any atom is -0.490 e. The van der Waals surface area contributed by atoms with Gasteiger partial charge in [-0.1, -0.05) is 18.2 Å². The van der Waals surface area contributed by atoms with E-state index in [-0.39, 0.29) is 27.7 Å². The number of sulfonamides is 1. The Bertz CT molecular complexity index is 1600. The average molecular weight is 610 g/mol. The van der Waals surface area contributed by atoms with Gasteiger partial charge in [0.15, 0.2) is 10.9 Å². The monoisotopic (exact) mass is 609 g/mol. The number of hydrogen-bond acceptors (Lipinski definition) is 10. The molecule has 0 saturated carbocycles. The third-order valence-electron chi connectivity index (χ3n) is 5.44. The molecule has 14 heteroatoms. The summed E-state index contributed by atoms with van der Waals surface area (Å²) in [6, 6.07) is 23.0. The molecule has 42 heavy (non-hydrogen) atoms. The molecule has 0 aliphatic rings. The number of carbonyl (C=O) groups excluding carboxylic acids is 1. The lowest BCUT2D eigenvalue weighted by Crippen LogP contribution is -2.34. The minimum absolute atomic E-state index is 0.0264. The lowest BCUT2D eigenvalue weighted by atomic mass is 10.2. The first-order valence-corrected chi connectivity index (χ1v) is 14.3. The van der Waals surface area contributed by atoms with Gasteiger partial charge in [-0.05, 0) is 72.9 Å². The predicted molar refractivity (Wildman–Crippen MR) is 160 cm³/mol. The number of amides is 1. The molecule has 1 heterocycles. The van der Waals surface area contributed by atoms with E-state index in [0.717, 1.165) is 5.75 Å². The van der Waals surface area contributed by atoms with Crippen LogP contribution in [0.15, 0.2) is 89.8 Å². The maximum absolute atomic E-state index is 12.8. The van der Waals surface area contributed by atoms with Crippen LogP contribution in [0.5, 0.6) is 23.4 Å². The predicted octanol–water partition coefficient (Wildman–Crippen LogP) is 3.88. The molecule has 0 unspecified atom stereocenters. The molecule has 4 rings (SSSR count). The summed E-state index contributed by atoms with van der Waals surface area (Å²) in [5.74, 6) is 1.03. The summed E-state index contributed by atoms with van der Waals surface area (Å²) in [7, 11) is -1.25. The van der Waals surface area contributed by atoms with Crippen molar-refractivity contribution in [1.82, 2.24) is 15.3 Å². The second-order valence-electron chi connectivity index (χ2n) is 8.35. The van der Waals surface area contributed by atoms with E-state index in [1.54, 1.807) is 24.3 Å². The third-order valence-corrected chi connectivity index (χ3v) is 7.02. The van der Waals surface area contributed by atoms with Crippen molar-refractivity contribution in [3.8, 4) is 23.4 Å². The van der Waals surface area contributed by atoms with E-state index in [4.69, 9.17) is 31.2 Å². The van der Waals surface area contributed by atoms with Crippen LogP contribution in [0.4, 0.5) is 11.5 Å². The summed E-state index contributed by atoms with van der Waals surface area (Å²) >= 11 is 5.24. The molecular formula is C28H27N5O7S2. The molecule has 0 spiro atoms. The van der Waals surface area contributed by atoms with Crippen LogP contribution in [0.2, 0.25) is 0 Å². The lowest BCUT2D eigenvalue weighted by Gasteiger charge is -2.12. The number of para-hydroxylation sites is 1. The summed E-state index contributed by atoms with van der Waals surface area (Å²) in [4.78, 5) is 20.5. The van der Waals surface area contributed by atoms with Gasteiger partial charge in [0.2, 0.25) is 5.88 Å². The van der Waals surface area contributed by atoms with E-state index >= 15 is 0 Å². The van der Waals surface area contributed by atoms with E-state index in [9.17, 15) is 13.2 Å². The van der Waals surface area contributed by atoms with Crippen LogP contribution in [-0.2, 0) is 10.0 Å². The molecule has 0 fully saturated rings. The normalized spacial score (nSPS) is 10.7. The quantitative estimate of drug-likeness (QED) is 0.159. The van der Waals surface area contributed by atoms with Crippen molar-refractivity contribution >= 4 is 44.8 Å². The number of anilines is 2. The molecular weight excluding hydrogens is 582 g/mol. The summed E-state index contributed by atoms with van der Waals surface area (Å²) < 4.78 is 49.2. The molecule has 1 aromatic heterocycles. The first-order chi connectivity index (χ1) is 20.3. The van der Waals surface area contributed by atoms with Crippen molar-refractivity contribution in [2.24, 2.45) is 0 Å². The van der Waals surface area contributed by atoms with Gasteiger partial charge in [-0.2, -0.15) is 9.97 Å². The number of carbonyl (C=O) groups is 1. The van der Waals surface area contributed by atoms with Crippen LogP contribution < -0.4 is 34.3 Å². The molecule has 0 aliphatic heterocycles. The summed E-state index contributed by atoms with van der Waals surface area (Å²) in [6.07, 6.45) is 0. The number of rotatable bonds is 12. The van der Waals surface area contributed by atoms with Gasteiger partial charge in [0.25, 0.3) is 15.9 Å². The highest BCUT2D eigenvalue weighted by molar-refractivity contribution is 7.92. The SMILES string of the molecule is COc1cc(NS(=O)(=O)c2ccc(NC(=S)NC(=O)c3ccc(OCCOc4ccccc4)cc3)cc2)nc(OC)n1. The van der Waals surface area contributed by atoms with Crippen molar-refractivity contribution in [3.05, 3.63) is 90.5 Å². The molecule has 0 bridgehead atoms. The highest BCUT2D eigenvalue weighted by atomic mass is 32.2. The van der Waals surface area contributed by atoms with E-state index < -0.39 is 15.9 Å². The third kappa shape index (κ3) is 8.52. The van der Waals surface area contributed by atoms with Crippen molar-refractivity contribution in [3.63, 3.8) is 0 Å². The molecule has 1 amide bonds. The fraction of sp³-hybridized carbons (Fsp3) is 0.143. The second-order valence-corrected chi connectivity index (χ2v) is 10.4. The Labute approximate surface area is 248 Å². The fourth-order valence-electron chi connectivity index (χ4n) is 3.44. The van der Waals surface area contributed by atoms with Gasteiger partial charge in [-0.25, -0.2) is 8.42 Å². The standard InChI is InChI=1S/C28H27N5O7S2/c1-37-25-18-24(30-27(31-25)38-2)33-42(35,36)23-14-10-20(11-15-23)29-28(41)32-26(34)19-8-12-22(13-9-19)40-17-16-39-21-6-4-3-5-7-21/h3-15,18H,16-17H2,1-2H3,(H,30,31,33)(H2,29,32,34,41). The largest absolute Gasteiger partial charge is 0.490 e. The summed E-state index contributed by atoms with van der Waals surface area (Å²) in [5.41, 5.74) is 0.837. The first kappa shape index (κ1) is 30.0. The van der Waals surface area contributed by atoms with E-state index in [2.05, 4.69) is 25.3 Å². The topological polar surface area (TPSA) is 150 Å². The van der Waals surface area contributed by atoms with Crippen LogP contribution in [-0.4, -0.2) is 56.8 Å². The number of nitrogens with one attached hydrogen (secondary N) is 3. The Morgan fingerprint density at radius 1 is 0.833 bits per heavy atom. The lowest BCUT2D eigenvalue weighted by molar-refractivity contribution is 0.0977. The Kier molecular flexibility index (Phi) is 10.1. The number of thiocarbonyl (C=S) groups is 1. The van der Waals surface area contributed by atoms with Crippen LogP contribution >= 0.6 is 12.2 Å². The Hall–Kier alpha value is -4.95. The van der Waals surface area contributed by atoms with Gasteiger partial charge < -0.3 is 24.3 Å². The number of aromatic nitrogens is 2. The van der Waals surface area contributed by atoms with Gasteiger partial charge >= 0.3 is 6.01 Å². The summed E-state index contributed by atoms with van der Waals surface area (Å²) in [5, 5.41) is 5.47. The van der Waals surface area contributed by atoms with E-state index in [1.807, 2.05) is 30.3 Å². The number of ether oxygens (including phenoxy) is 4. The van der Waals surface area contributed by atoms with Crippen molar-refractivity contribution in [2.75, 3.05) is 37.5 Å². The van der Waals surface area contributed by atoms with Gasteiger partial charge in [-0.15, -0.1) is 0 Å². The van der Waals surface area contributed by atoms with Gasteiger partial charge in [0, 0.05) is 17.3 Å². The number of benzene rings is 3. The van der Waals surface area contributed by atoms with Gasteiger partial charge in [-0.3, -0.25) is 14.8 Å². The van der Waals surface area contributed by atoms with Crippen LogP contribution in [0.25, 0.3) is 0 Å². The zero-order chi connectivity index (χ0) is 30.0. The number of methoxy groups -OCH3 is 2. The second kappa shape index (κ2) is 14.1. The van der Waals surface area contributed by atoms with Gasteiger partial charge in [0.05, 0.1) is 19.1 Å². The highest BCUT2D eigenvalue weighted by Crippen LogP contribution is 2.21. The average Bonchev–Trinajstić information content (AvgIpc) is 3.00. The number of nitrogens with zero attached hydrogens (tertiary/aromatic N) is 2. The molecule has 0 saturated heterocycles. The van der Waals surface area contributed by atoms with Crippen LogP contribution in [0.1, 0.15) is 10.4 Å². The molecule has 0 aliphatic carbocycles. The molecule has 218 valence electrons. The Morgan fingerprint density at radius 3 is 2.10 bits per heavy atom. The molecule has 4 aromatic rings. The minimum atomic E-state index is -3.99. The zero-order valence-electron chi connectivity index (χ0n) is 22.6. The maximum Gasteiger partial charge on any atom is 0.321 e. The molecule has 12 nitrogen and oxygen atoms in total. The number of hydrogen-bond donors (Lipinski definition) is 3. The van der Waals surface area contributed by atoms with Crippen LogP contribution in [0.3, 0.4) is 0 Å². The first-order valence-electron chi connectivity index (χ1n) is 12.4. The van der Waals surface area contributed by atoms with Crippen molar-refractivity contribution in [1.29, 1.82) is 0 Å².